The number of halogens is 1. The average Bonchev–Trinajstić information content (AvgIpc) is 2.90. The molecule has 1 heterocycles. The summed E-state index contributed by atoms with van der Waals surface area (Å²) in [6, 6.07) is 16.6. The van der Waals surface area contributed by atoms with Gasteiger partial charge in [-0.2, -0.15) is 0 Å². The molecule has 0 aliphatic carbocycles. The molecule has 2 amide bonds. The number of rotatable bonds is 7. The number of hydrogen-bond donors (Lipinski definition) is 2. The standard InChI is InChI=1S/C31H41ClN2O5Si/c1-31(2,3)40(4,5)39-26-14-10-9-13-24(19-28(35)33-20-22-15-17-25(32)18-16-22)29(36)34-21-27(38-30(26)37)23-11-7-6-8-12-23/h6-12,15-18,24,26-27H,13-14,19-21H2,1-5H3,(H,33,35)(H,34,36)/t24-,26-,27-/m0/s1. The van der Waals surface area contributed by atoms with Crippen molar-refractivity contribution >= 4 is 37.7 Å². The number of ether oxygens (including phenoxy) is 1. The van der Waals surface area contributed by atoms with Crippen LogP contribution in [0.15, 0.2) is 66.7 Å². The number of amides is 2. The molecular formula is C31H41ClN2O5Si. The molecule has 0 saturated heterocycles. The van der Waals surface area contributed by atoms with Gasteiger partial charge < -0.3 is 19.8 Å². The molecule has 2 aromatic rings. The molecule has 216 valence electrons. The maximum Gasteiger partial charge on any atom is 0.335 e. The van der Waals surface area contributed by atoms with Crippen molar-refractivity contribution in [1.82, 2.24) is 10.6 Å². The molecule has 2 aromatic carbocycles. The van der Waals surface area contributed by atoms with Gasteiger partial charge in [0.05, 0.1) is 12.5 Å². The van der Waals surface area contributed by atoms with Crippen LogP contribution in [0.3, 0.4) is 0 Å². The lowest BCUT2D eigenvalue weighted by molar-refractivity contribution is -0.158. The first kappa shape index (κ1) is 31.6. The summed E-state index contributed by atoms with van der Waals surface area (Å²) < 4.78 is 12.5. The van der Waals surface area contributed by atoms with Gasteiger partial charge in [0.1, 0.15) is 12.2 Å². The van der Waals surface area contributed by atoms with Gasteiger partial charge in [0.15, 0.2) is 8.32 Å². The maximum atomic E-state index is 13.4. The summed E-state index contributed by atoms with van der Waals surface area (Å²) in [4.78, 5) is 39.4. The molecule has 0 aromatic heterocycles. The summed E-state index contributed by atoms with van der Waals surface area (Å²) >= 11 is 5.94. The highest BCUT2D eigenvalue weighted by Crippen LogP contribution is 2.38. The van der Waals surface area contributed by atoms with Gasteiger partial charge >= 0.3 is 5.97 Å². The van der Waals surface area contributed by atoms with E-state index in [2.05, 4.69) is 44.5 Å². The SMILES string of the molecule is CC(C)(C)[Si](C)(C)O[C@H]1CC=CC[C@@H](CC(=O)NCc2ccc(Cl)cc2)C(=O)NC[C@@H](c2ccccc2)OC1=O. The highest BCUT2D eigenvalue weighted by atomic mass is 35.5. The summed E-state index contributed by atoms with van der Waals surface area (Å²) in [7, 11) is -2.28. The molecule has 3 atom stereocenters. The summed E-state index contributed by atoms with van der Waals surface area (Å²) in [5.41, 5.74) is 1.69. The molecule has 0 spiro atoms. The molecule has 9 heteroatoms. The Morgan fingerprint density at radius 2 is 1.70 bits per heavy atom. The van der Waals surface area contributed by atoms with Gasteiger partial charge in [-0.1, -0.05) is 87.0 Å². The molecule has 0 saturated carbocycles. The minimum absolute atomic E-state index is 0.0312. The third-order valence-electron chi connectivity index (χ3n) is 7.54. The van der Waals surface area contributed by atoms with E-state index in [4.69, 9.17) is 20.8 Å². The molecule has 0 fully saturated rings. The van der Waals surface area contributed by atoms with Crippen LogP contribution in [0, 0.1) is 5.92 Å². The first-order valence-electron chi connectivity index (χ1n) is 13.7. The summed E-state index contributed by atoms with van der Waals surface area (Å²) in [6.07, 6.45) is 2.96. The van der Waals surface area contributed by atoms with E-state index >= 15 is 0 Å². The highest BCUT2D eigenvalue weighted by Gasteiger charge is 2.41. The van der Waals surface area contributed by atoms with Crippen LogP contribution in [0.5, 0.6) is 0 Å². The number of cyclic esters (lactones) is 1. The Morgan fingerprint density at radius 3 is 2.35 bits per heavy atom. The van der Waals surface area contributed by atoms with E-state index in [0.29, 0.717) is 24.4 Å². The number of allylic oxidation sites excluding steroid dienone is 1. The first-order chi connectivity index (χ1) is 18.9. The Kier molecular flexibility index (Phi) is 11.1. The average molecular weight is 585 g/mol. The normalized spacial score (nSPS) is 21.0. The van der Waals surface area contributed by atoms with E-state index in [9.17, 15) is 14.4 Å². The zero-order valence-electron chi connectivity index (χ0n) is 24.0. The van der Waals surface area contributed by atoms with Crippen LogP contribution in [0.4, 0.5) is 0 Å². The Hall–Kier alpha value is -2.94. The topological polar surface area (TPSA) is 93.7 Å². The molecule has 2 N–H and O–H groups in total. The molecule has 0 unspecified atom stereocenters. The molecule has 0 radical (unpaired) electrons. The van der Waals surface area contributed by atoms with E-state index in [1.807, 2.05) is 54.6 Å². The number of esters is 1. The van der Waals surface area contributed by atoms with Crippen molar-refractivity contribution in [3.8, 4) is 0 Å². The summed E-state index contributed by atoms with van der Waals surface area (Å²) in [5, 5.41) is 6.35. The van der Waals surface area contributed by atoms with Crippen molar-refractivity contribution in [3.05, 3.63) is 82.9 Å². The Morgan fingerprint density at radius 1 is 1.05 bits per heavy atom. The van der Waals surface area contributed by atoms with Crippen molar-refractivity contribution in [2.24, 2.45) is 5.92 Å². The minimum atomic E-state index is -2.28. The highest BCUT2D eigenvalue weighted by molar-refractivity contribution is 6.74. The smallest absolute Gasteiger partial charge is 0.335 e. The van der Waals surface area contributed by atoms with Crippen LogP contribution in [-0.4, -0.2) is 38.7 Å². The van der Waals surface area contributed by atoms with Crippen LogP contribution in [0.2, 0.25) is 23.2 Å². The quantitative estimate of drug-likeness (QED) is 0.233. The maximum absolute atomic E-state index is 13.4. The lowest BCUT2D eigenvalue weighted by Crippen LogP contribution is -2.47. The molecule has 1 aliphatic heterocycles. The fraction of sp³-hybridized carbons (Fsp3) is 0.452. The Balaban J connectivity index is 1.78. The molecule has 40 heavy (non-hydrogen) atoms. The van der Waals surface area contributed by atoms with Crippen LogP contribution in [0.1, 0.15) is 57.3 Å². The van der Waals surface area contributed by atoms with Gasteiger partial charge in [0.25, 0.3) is 0 Å². The van der Waals surface area contributed by atoms with Crippen LogP contribution < -0.4 is 10.6 Å². The Labute approximate surface area is 243 Å². The monoisotopic (exact) mass is 584 g/mol. The summed E-state index contributed by atoms with van der Waals surface area (Å²) in [6.45, 7) is 11.0. The fourth-order valence-electron chi connectivity index (χ4n) is 4.04. The van der Waals surface area contributed by atoms with Crippen LogP contribution in [0.25, 0.3) is 0 Å². The first-order valence-corrected chi connectivity index (χ1v) is 17.0. The van der Waals surface area contributed by atoms with Gasteiger partial charge in [-0.3, -0.25) is 9.59 Å². The van der Waals surface area contributed by atoms with E-state index in [1.54, 1.807) is 12.1 Å². The number of nitrogens with one attached hydrogen (secondary N) is 2. The molecule has 7 nitrogen and oxygen atoms in total. The Bertz CT molecular complexity index is 1180. The largest absolute Gasteiger partial charge is 0.454 e. The second-order valence-corrected chi connectivity index (χ2v) is 16.9. The lowest BCUT2D eigenvalue weighted by atomic mass is 9.98. The second-order valence-electron chi connectivity index (χ2n) is 11.7. The van der Waals surface area contributed by atoms with Crippen molar-refractivity contribution < 1.29 is 23.5 Å². The van der Waals surface area contributed by atoms with Gasteiger partial charge in [-0.15, -0.1) is 0 Å². The number of benzene rings is 2. The molecule has 1 aliphatic rings. The number of carbonyl (C=O) groups excluding carboxylic acids is 3. The molecular weight excluding hydrogens is 544 g/mol. The number of hydrogen-bond acceptors (Lipinski definition) is 5. The minimum Gasteiger partial charge on any atom is -0.454 e. The zero-order valence-corrected chi connectivity index (χ0v) is 25.8. The third-order valence-corrected chi connectivity index (χ3v) is 12.3. The van der Waals surface area contributed by atoms with Gasteiger partial charge in [0.2, 0.25) is 11.8 Å². The summed E-state index contributed by atoms with van der Waals surface area (Å²) in [5.74, 6) is -1.51. The van der Waals surface area contributed by atoms with Crippen molar-refractivity contribution in [1.29, 1.82) is 0 Å². The molecule has 3 rings (SSSR count). The third kappa shape index (κ3) is 9.32. The number of carbonyl (C=O) groups is 3. The molecule has 0 bridgehead atoms. The lowest BCUT2D eigenvalue weighted by Gasteiger charge is -2.38. The van der Waals surface area contributed by atoms with E-state index in [1.165, 1.54) is 0 Å². The van der Waals surface area contributed by atoms with Crippen molar-refractivity contribution in [3.63, 3.8) is 0 Å². The van der Waals surface area contributed by atoms with Crippen LogP contribution >= 0.6 is 11.6 Å². The van der Waals surface area contributed by atoms with E-state index in [-0.39, 0.29) is 29.8 Å². The predicted octanol–water partition coefficient (Wildman–Crippen LogP) is 6.10. The van der Waals surface area contributed by atoms with Crippen LogP contribution in [-0.2, 0) is 30.1 Å². The van der Waals surface area contributed by atoms with Gasteiger partial charge in [0, 0.05) is 24.4 Å². The predicted molar refractivity (Wildman–Crippen MR) is 160 cm³/mol. The van der Waals surface area contributed by atoms with Gasteiger partial charge in [-0.25, -0.2) is 4.79 Å². The van der Waals surface area contributed by atoms with Gasteiger partial charge in [-0.05, 0) is 47.8 Å². The van der Waals surface area contributed by atoms with E-state index < -0.39 is 32.4 Å². The van der Waals surface area contributed by atoms with Crippen molar-refractivity contribution in [2.45, 2.75) is 76.9 Å². The second kappa shape index (κ2) is 14.1. The zero-order chi connectivity index (χ0) is 29.3. The fourth-order valence-corrected chi connectivity index (χ4v) is 5.42. The van der Waals surface area contributed by atoms with E-state index in [0.717, 1.165) is 11.1 Å². The van der Waals surface area contributed by atoms with Crippen molar-refractivity contribution in [2.75, 3.05) is 6.54 Å².